The molecule has 0 fully saturated rings. The van der Waals surface area contributed by atoms with Crippen molar-refractivity contribution in [2.24, 2.45) is 11.7 Å². The first-order chi connectivity index (χ1) is 10.4. The Morgan fingerprint density at radius 1 is 1.45 bits per heavy atom. The summed E-state index contributed by atoms with van der Waals surface area (Å²) in [6.07, 6.45) is 0.746. The van der Waals surface area contributed by atoms with Crippen LogP contribution in [0.15, 0.2) is 24.3 Å². The number of nitrogens with zero attached hydrogens (tertiary/aromatic N) is 1. The van der Waals surface area contributed by atoms with Gasteiger partial charge in [0.15, 0.2) is 5.13 Å². The number of nitrogens with two attached hydrogens (primary N) is 1. The molecule has 1 atom stereocenters. The highest BCUT2D eigenvalue weighted by Gasteiger charge is 2.19. The third kappa shape index (κ3) is 4.29. The quantitative estimate of drug-likeness (QED) is 0.875. The molecule has 0 unspecified atom stereocenters. The third-order valence-corrected chi connectivity index (χ3v) is 4.71. The minimum atomic E-state index is -0.527. The molecule has 6 heteroatoms. The molecule has 0 aliphatic carbocycles. The highest BCUT2D eigenvalue weighted by Crippen LogP contribution is 2.26. The van der Waals surface area contributed by atoms with Crippen molar-refractivity contribution in [3.8, 4) is 0 Å². The molecule has 4 nitrogen and oxygen atoms in total. The van der Waals surface area contributed by atoms with Gasteiger partial charge in [0.25, 0.3) is 0 Å². The number of hydrogen-bond acceptors (Lipinski definition) is 4. The number of nitrogens with one attached hydrogen (secondary N) is 1. The normalized spacial score (nSPS) is 12.5. The average Bonchev–Trinajstić information content (AvgIpc) is 2.77. The predicted octanol–water partition coefficient (Wildman–Crippen LogP) is 3.62. The smallest absolute Gasteiger partial charge is 0.243 e. The summed E-state index contributed by atoms with van der Waals surface area (Å²) in [6, 6.07) is 7.22. The number of halogens is 1. The summed E-state index contributed by atoms with van der Waals surface area (Å²) in [5, 5.41) is 4.11. The van der Waals surface area contributed by atoms with Gasteiger partial charge in [0.05, 0.1) is 11.7 Å². The van der Waals surface area contributed by atoms with Crippen LogP contribution in [0, 0.1) is 12.8 Å². The van der Waals surface area contributed by atoms with E-state index in [2.05, 4.69) is 10.3 Å². The number of carbonyl (C=O) groups excluding carboxylic acids is 1. The highest BCUT2D eigenvalue weighted by molar-refractivity contribution is 7.15. The van der Waals surface area contributed by atoms with Crippen molar-refractivity contribution < 1.29 is 4.79 Å². The Morgan fingerprint density at radius 3 is 2.82 bits per heavy atom. The number of aromatic nitrogens is 1. The standard InChI is InChI=1S/C16H20ClN3OS/c1-9(2)14(18)15(21)20-16-19-10(3)13(22-16)8-11-5-4-6-12(17)7-11/h4-7,9,14H,8,18H2,1-3H3,(H,19,20,21)/t14-/m0/s1. The number of rotatable bonds is 5. The molecule has 2 aromatic rings. The lowest BCUT2D eigenvalue weighted by molar-refractivity contribution is -0.118. The number of amides is 1. The van der Waals surface area contributed by atoms with Crippen LogP contribution in [0.4, 0.5) is 5.13 Å². The van der Waals surface area contributed by atoms with Crippen LogP contribution in [0.25, 0.3) is 0 Å². The van der Waals surface area contributed by atoms with Crippen LogP contribution in [0.3, 0.4) is 0 Å². The lowest BCUT2D eigenvalue weighted by atomic mass is 10.1. The molecule has 22 heavy (non-hydrogen) atoms. The second kappa shape index (κ2) is 7.22. The fraction of sp³-hybridized carbons (Fsp3) is 0.375. The van der Waals surface area contributed by atoms with Crippen molar-refractivity contribution in [3.05, 3.63) is 45.4 Å². The molecule has 3 N–H and O–H groups in total. The first-order valence-electron chi connectivity index (χ1n) is 7.14. The lowest BCUT2D eigenvalue weighted by Crippen LogP contribution is -2.39. The van der Waals surface area contributed by atoms with E-state index in [-0.39, 0.29) is 11.8 Å². The van der Waals surface area contributed by atoms with Gasteiger partial charge in [-0.2, -0.15) is 0 Å². The molecule has 1 aromatic carbocycles. The summed E-state index contributed by atoms with van der Waals surface area (Å²) < 4.78 is 0. The van der Waals surface area contributed by atoms with E-state index in [9.17, 15) is 4.79 Å². The molecule has 0 bridgehead atoms. The summed E-state index contributed by atoms with van der Waals surface area (Å²) >= 11 is 7.48. The van der Waals surface area contributed by atoms with Crippen molar-refractivity contribution in [3.63, 3.8) is 0 Å². The van der Waals surface area contributed by atoms with Crippen LogP contribution in [0.1, 0.15) is 30.0 Å². The van der Waals surface area contributed by atoms with Crippen molar-refractivity contribution in [2.45, 2.75) is 33.2 Å². The van der Waals surface area contributed by atoms with Crippen LogP contribution >= 0.6 is 22.9 Å². The summed E-state index contributed by atoms with van der Waals surface area (Å²) in [5.74, 6) is -0.106. The third-order valence-electron chi connectivity index (χ3n) is 3.40. The SMILES string of the molecule is Cc1nc(NC(=O)[C@@H](N)C(C)C)sc1Cc1cccc(Cl)c1. The average molecular weight is 338 g/mol. The number of carbonyl (C=O) groups is 1. The molecule has 1 heterocycles. The maximum atomic E-state index is 12.0. The zero-order valence-corrected chi connectivity index (χ0v) is 14.5. The first kappa shape index (κ1) is 16.9. The second-order valence-corrected chi connectivity index (χ2v) is 7.11. The molecule has 0 radical (unpaired) electrons. The molecule has 0 spiro atoms. The van der Waals surface area contributed by atoms with E-state index in [0.717, 1.165) is 27.6 Å². The van der Waals surface area contributed by atoms with Crippen LogP contribution < -0.4 is 11.1 Å². The molecular formula is C16H20ClN3OS. The fourth-order valence-electron chi connectivity index (χ4n) is 1.97. The molecule has 2 rings (SSSR count). The minimum Gasteiger partial charge on any atom is -0.320 e. The summed E-state index contributed by atoms with van der Waals surface area (Å²) in [5.41, 5.74) is 7.88. The number of hydrogen-bond donors (Lipinski definition) is 2. The maximum Gasteiger partial charge on any atom is 0.243 e. The number of thiazole rings is 1. The largest absolute Gasteiger partial charge is 0.320 e. The lowest BCUT2D eigenvalue weighted by Gasteiger charge is -2.13. The molecule has 1 amide bonds. The summed E-state index contributed by atoms with van der Waals surface area (Å²) in [7, 11) is 0. The van der Waals surface area contributed by atoms with E-state index in [1.165, 1.54) is 11.3 Å². The number of aryl methyl sites for hydroxylation is 1. The molecule has 0 saturated heterocycles. The van der Waals surface area contributed by atoms with Crippen molar-refractivity contribution >= 4 is 34.0 Å². The van der Waals surface area contributed by atoms with E-state index >= 15 is 0 Å². The van der Waals surface area contributed by atoms with Gasteiger partial charge >= 0.3 is 0 Å². The number of anilines is 1. The Labute approximate surface area is 139 Å². The Kier molecular flexibility index (Phi) is 5.56. The van der Waals surface area contributed by atoms with Crippen LogP contribution in [-0.4, -0.2) is 16.9 Å². The Balaban J connectivity index is 2.10. The molecular weight excluding hydrogens is 318 g/mol. The van der Waals surface area contributed by atoms with Gasteiger partial charge in [0, 0.05) is 16.3 Å². The predicted molar refractivity (Wildman–Crippen MR) is 92.6 cm³/mol. The van der Waals surface area contributed by atoms with Gasteiger partial charge < -0.3 is 11.1 Å². The van der Waals surface area contributed by atoms with E-state index in [4.69, 9.17) is 17.3 Å². The molecule has 0 saturated carbocycles. The topological polar surface area (TPSA) is 68.0 Å². The fourth-order valence-corrected chi connectivity index (χ4v) is 3.18. The van der Waals surface area contributed by atoms with Gasteiger partial charge in [-0.3, -0.25) is 4.79 Å². The molecule has 0 aliphatic heterocycles. The van der Waals surface area contributed by atoms with E-state index in [1.54, 1.807) is 0 Å². The van der Waals surface area contributed by atoms with Gasteiger partial charge in [0.1, 0.15) is 0 Å². The van der Waals surface area contributed by atoms with E-state index in [0.29, 0.717) is 5.13 Å². The van der Waals surface area contributed by atoms with Gasteiger partial charge in [-0.05, 0) is 30.5 Å². The first-order valence-corrected chi connectivity index (χ1v) is 8.33. The second-order valence-electron chi connectivity index (χ2n) is 5.59. The zero-order valence-electron chi connectivity index (χ0n) is 12.9. The van der Waals surface area contributed by atoms with Gasteiger partial charge in [-0.25, -0.2) is 4.98 Å². The maximum absolute atomic E-state index is 12.0. The Morgan fingerprint density at radius 2 is 2.18 bits per heavy atom. The van der Waals surface area contributed by atoms with Crippen molar-refractivity contribution in [2.75, 3.05) is 5.32 Å². The van der Waals surface area contributed by atoms with Crippen LogP contribution in [0.2, 0.25) is 5.02 Å². The monoisotopic (exact) mass is 337 g/mol. The van der Waals surface area contributed by atoms with Crippen molar-refractivity contribution in [1.82, 2.24) is 4.98 Å². The van der Waals surface area contributed by atoms with Crippen LogP contribution in [0.5, 0.6) is 0 Å². The van der Waals surface area contributed by atoms with Crippen molar-refractivity contribution in [1.29, 1.82) is 0 Å². The summed E-state index contributed by atoms with van der Waals surface area (Å²) in [6.45, 7) is 5.78. The molecule has 118 valence electrons. The Bertz CT molecular complexity index is 669. The van der Waals surface area contributed by atoms with E-state index < -0.39 is 6.04 Å². The zero-order chi connectivity index (χ0) is 16.3. The Hall–Kier alpha value is -1.43. The summed E-state index contributed by atoms with van der Waals surface area (Å²) in [4.78, 5) is 17.5. The number of benzene rings is 1. The van der Waals surface area contributed by atoms with E-state index in [1.807, 2.05) is 45.0 Å². The molecule has 1 aromatic heterocycles. The van der Waals surface area contributed by atoms with Crippen LogP contribution in [-0.2, 0) is 11.2 Å². The minimum absolute atomic E-state index is 0.0898. The highest BCUT2D eigenvalue weighted by atomic mass is 35.5. The van der Waals surface area contributed by atoms with Gasteiger partial charge in [0.2, 0.25) is 5.91 Å². The van der Waals surface area contributed by atoms with Gasteiger partial charge in [-0.15, -0.1) is 11.3 Å². The van der Waals surface area contributed by atoms with Gasteiger partial charge in [-0.1, -0.05) is 37.6 Å². The molecule has 0 aliphatic rings.